The second-order valence-electron chi connectivity index (χ2n) is 2.98. The van der Waals surface area contributed by atoms with E-state index in [1.807, 2.05) is 6.07 Å². The second kappa shape index (κ2) is 3.79. The molecule has 14 heavy (non-hydrogen) atoms. The number of carbonyl (C=O) groups is 1. The maximum atomic E-state index is 10.4. The summed E-state index contributed by atoms with van der Waals surface area (Å²) in [5.74, 6) is -1.01. The van der Waals surface area contributed by atoms with Crippen molar-refractivity contribution in [3.05, 3.63) is 28.8 Å². The zero-order chi connectivity index (χ0) is 10.7. The quantitative estimate of drug-likeness (QED) is 0.735. The monoisotopic (exact) mass is 191 g/mol. The van der Waals surface area contributed by atoms with Crippen LogP contribution < -0.4 is 0 Å². The third kappa shape index (κ3) is 2.02. The van der Waals surface area contributed by atoms with Crippen molar-refractivity contribution in [3.8, 4) is 11.8 Å². The summed E-state index contributed by atoms with van der Waals surface area (Å²) < 4.78 is 0. The topological polar surface area (TPSA) is 81.3 Å². The Labute approximate surface area is 81.0 Å². The molecule has 1 aromatic carbocycles. The van der Waals surface area contributed by atoms with Crippen molar-refractivity contribution in [2.75, 3.05) is 0 Å². The predicted molar refractivity (Wildman–Crippen MR) is 48.9 cm³/mol. The number of hydrogen-bond donors (Lipinski definition) is 2. The molecular weight excluding hydrogens is 182 g/mol. The number of hydrogen-bond acceptors (Lipinski definition) is 3. The molecule has 0 aliphatic heterocycles. The average molecular weight is 191 g/mol. The average Bonchev–Trinajstić information content (AvgIpc) is 2.10. The van der Waals surface area contributed by atoms with Crippen LogP contribution in [-0.2, 0) is 11.2 Å². The minimum absolute atomic E-state index is 0.0141. The van der Waals surface area contributed by atoms with Gasteiger partial charge in [-0.05, 0) is 30.2 Å². The molecule has 0 heterocycles. The zero-order valence-corrected chi connectivity index (χ0v) is 7.61. The Kier molecular flexibility index (Phi) is 2.73. The molecule has 1 rings (SSSR count). The van der Waals surface area contributed by atoms with Crippen molar-refractivity contribution in [1.29, 1.82) is 5.26 Å². The molecule has 2 N–H and O–H groups in total. The van der Waals surface area contributed by atoms with Crippen LogP contribution in [0.4, 0.5) is 0 Å². The number of nitrogens with zero attached hydrogens (tertiary/aromatic N) is 1. The Morgan fingerprint density at radius 3 is 2.71 bits per heavy atom. The number of rotatable bonds is 2. The molecule has 0 unspecified atom stereocenters. The number of aliphatic carboxylic acids is 1. The van der Waals surface area contributed by atoms with E-state index >= 15 is 0 Å². The van der Waals surface area contributed by atoms with Gasteiger partial charge < -0.3 is 10.2 Å². The Balaban J connectivity index is 3.22. The first kappa shape index (κ1) is 10.1. The first-order valence-corrected chi connectivity index (χ1v) is 3.99. The van der Waals surface area contributed by atoms with Crippen molar-refractivity contribution < 1.29 is 15.0 Å². The molecule has 0 amide bonds. The Morgan fingerprint density at radius 2 is 2.21 bits per heavy atom. The normalized spacial score (nSPS) is 9.43. The summed E-state index contributed by atoms with van der Waals surface area (Å²) in [6.07, 6.45) is -0.253. The highest BCUT2D eigenvalue weighted by Crippen LogP contribution is 2.21. The molecule has 72 valence electrons. The lowest BCUT2D eigenvalue weighted by Gasteiger charge is -2.04. The molecule has 0 fully saturated rings. The van der Waals surface area contributed by atoms with E-state index in [1.165, 1.54) is 12.1 Å². The molecule has 4 nitrogen and oxygen atoms in total. The minimum Gasteiger partial charge on any atom is -0.508 e. The molecule has 0 aliphatic rings. The molecule has 0 bridgehead atoms. The maximum absolute atomic E-state index is 10.4. The van der Waals surface area contributed by atoms with Gasteiger partial charge >= 0.3 is 5.97 Å². The van der Waals surface area contributed by atoms with Gasteiger partial charge in [0, 0.05) is 0 Å². The van der Waals surface area contributed by atoms with Crippen LogP contribution in [0.1, 0.15) is 16.7 Å². The second-order valence-corrected chi connectivity index (χ2v) is 2.98. The van der Waals surface area contributed by atoms with Gasteiger partial charge in [-0.1, -0.05) is 0 Å². The van der Waals surface area contributed by atoms with Crippen molar-refractivity contribution in [2.24, 2.45) is 0 Å². The SMILES string of the molecule is Cc1cc(C#N)c(CC(=O)O)cc1O. The minimum atomic E-state index is -1.02. The molecule has 0 atom stereocenters. The number of benzene rings is 1. The number of carboxylic acids is 1. The van der Waals surface area contributed by atoms with Crippen LogP contribution in [-0.4, -0.2) is 16.2 Å². The molecule has 0 aromatic heterocycles. The predicted octanol–water partition coefficient (Wildman–Crippen LogP) is 1.20. The van der Waals surface area contributed by atoms with E-state index in [0.717, 1.165) is 0 Å². The molecule has 0 saturated carbocycles. The summed E-state index contributed by atoms with van der Waals surface area (Å²) in [4.78, 5) is 10.4. The van der Waals surface area contributed by atoms with Crippen LogP contribution in [0.15, 0.2) is 12.1 Å². The largest absolute Gasteiger partial charge is 0.508 e. The Bertz CT molecular complexity index is 418. The lowest BCUT2D eigenvalue weighted by atomic mass is 10.0. The number of phenols is 1. The van der Waals surface area contributed by atoms with E-state index in [4.69, 9.17) is 10.4 Å². The van der Waals surface area contributed by atoms with E-state index in [-0.39, 0.29) is 12.2 Å². The van der Waals surface area contributed by atoms with E-state index in [2.05, 4.69) is 0 Å². The number of aromatic hydroxyl groups is 1. The summed E-state index contributed by atoms with van der Waals surface area (Å²) in [6, 6.07) is 4.70. The van der Waals surface area contributed by atoms with Crippen LogP contribution in [0.3, 0.4) is 0 Å². The van der Waals surface area contributed by atoms with Gasteiger partial charge in [0.1, 0.15) is 5.75 Å². The third-order valence-corrected chi connectivity index (χ3v) is 1.88. The highest BCUT2D eigenvalue weighted by atomic mass is 16.4. The highest BCUT2D eigenvalue weighted by Gasteiger charge is 2.09. The first-order chi connectivity index (χ1) is 6.54. The standard InChI is InChI=1S/C10H9NO3/c1-6-2-8(5-11)7(3-9(6)12)4-10(13)14/h2-3,12H,4H2,1H3,(H,13,14). The lowest BCUT2D eigenvalue weighted by molar-refractivity contribution is -0.136. The van der Waals surface area contributed by atoms with E-state index in [9.17, 15) is 9.90 Å². The fraction of sp³-hybridized carbons (Fsp3) is 0.200. The van der Waals surface area contributed by atoms with Gasteiger partial charge in [0.05, 0.1) is 18.1 Å². The summed E-state index contributed by atoms with van der Waals surface area (Å²) in [5.41, 5.74) is 1.20. The lowest BCUT2D eigenvalue weighted by Crippen LogP contribution is -2.02. The van der Waals surface area contributed by atoms with Crippen LogP contribution in [0.5, 0.6) is 5.75 Å². The summed E-state index contributed by atoms with van der Waals surface area (Å²) in [6.45, 7) is 1.65. The van der Waals surface area contributed by atoms with Crippen LogP contribution in [0, 0.1) is 18.3 Å². The summed E-state index contributed by atoms with van der Waals surface area (Å²) >= 11 is 0. The van der Waals surface area contributed by atoms with Gasteiger partial charge in [0.25, 0.3) is 0 Å². The van der Waals surface area contributed by atoms with Crippen LogP contribution in [0.25, 0.3) is 0 Å². The van der Waals surface area contributed by atoms with Crippen molar-refractivity contribution in [3.63, 3.8) is 0 Å². The van der Waals surface area contributed by atoms with Gasteiger partial charge in [-0.3, -0.25) is 4.79 Å². The van der Waals surface area contributed by atoms with Crippen LogP contribution in [0.2, 0.25) is 0 Å². The number of aryl methyl sites for hydroxylation is 1. The van der Waals surface area contributed by atoms with Crippen molar-refractivity contribution in [1.82, 2.24) is 0 Å². The fourth-order valence-electron chi connectivity index (χ4n) is 1.15. The van der Waals surface area contributed by atoms with Crippen molar-refractivity contribution >= 4 is 5.97 Å². The summed E-state index contributed by atoms with van der Waals surface area (Å²) in [7, 11) is 0. The van der Waals surface area contributed by atoms with Crippen LogP contribution >= 0.6 is 0 Å². The first-order valence-electron chi connectivity index (χ1n) is 3.99. The van der Waals surface area contributed by atoms with E-state index in [0.29, 0.717) is 16.7 Å². The smallest absolute Gasteiger partial charge is 0.307 e. The van der Waals surface area contributed by atoms with Gasteiger partial charge in [-0.2, -0.15) is 5.26 Å². The molecule has 0 saturated heterocycles. The number of carboxylic acid groups (broad SMARTS) is 1. The Morgan fingerprint density at radius 1 is 1.57 bits per heavy atom. The van der Waals surface area contributed by atoms with Gasteiger partial charge in [0.15, 0.2) is 0 Å². The molecule has 0 aliphatic carbocycles. The Hall–Kier alpha value is -2.02. The molecule has 1 aromatic rings. The van der Waals surface area contributed by atoms with E-state index in [1.54, 1.807) is 6.92 Å². The maximum Gasteiger partial charge on any atom is 0.307 e. The molecule has 0 spiro atoms. The van der Waals surface area contributed by atoms with Gasteiger partial charge in [-0.25, -0.2) is 0 Å². The zero-order valence-electron chi connectivity index (χ0n) is 7.61. The van der Waals surface area contributed by atoms with Gasteiger partial charge in [0.2, 0.25) is 0 Å². The number of phenolic OH excluding ortho intramolecular Hbond substituents is 1. The number of nitriles is 1. The molecular formula is C10H9NO3. The van der Waals surface area contributed by atoms with E-state index < -0.39 is 5.97 Å². The van der Waals surface area contributed by atoms with Gasteiger partial charge in [-0.15, -0.1) is 0 Å². The fourth-order valence-corrected chi connectivity index (χ4v) is 1.15. The third-order valence-electron chi connectivity index (χ3n) is 1.88. The van der Waals surface area contributed by atoms with Crippen molar-refractivity contribution in [2.45, 2.75) is 13.3 Å². The molecule has 0 radical (unpaired) electrons. The summed E-state index contributed by atoms with van der Waals surface area (Å²) in [5, 5.41) is 26.6. The highest BCUT2D eigenvalue weighted by molar-refractivity contribution is 5.71. The molecule has 4 heteroatoms.